The third kappa shape index (κ3) is 3.65. The van der Waals surface area contributed by atoms with Gasteiger partial charge in [-0.05, 0) is 30.3 Å². The molecule has 120 valence electrons. The van der Waals surface area contributed by atoms with Crippen molar-refractivity contribution in [3.8, 4) is 0 Å². The summed E-state index contributed by atoms with van der Waals surface area (Å²) in [5, 5.41) is 0. The minimum Gasteiger partial charge on any atom is -0.396 e. The molecule has 0 aliphatic carbocycles. The van der Waals surface area contributed by atoms with E-state index in [1.54, 1.807) is 17.2 Å². The van der Waals surface area contributed by atoms with Crippen molar-refractivity contribution in [2.45, 2.75) is 6.54 Å². The molecule has 23 heavy (non-hydrogen) atoms. The summed E-state index contributed by atoms with van der Waals surface area (Å²) in [4.78, 5) is 20.7. The molecule has 0 bridgehead atoms. The summed E-state index contributed by atoms with van der Waals surface area (Å²) in [7, 11) is 0. The van der Waals surface area contributed by atoms with Gasteiger partial charge in [0.25, 0.3) is 5.91 Å². The van der Waals surface area contributed by atoms with Gasteiger partial charge in [0.2, 0.25) is 0 Å². The van der Waals surface area contributed by atoms with Gasteiger partial charge in [-0.1, -0.05) is 6.07 Å². The lowest BCUT2D eigenvalue weighted by atomic mass is 10.1. The lowest BCUT2D eigenvalue weighted by Gasteiger charge is -2.34. The first-order valence-corrected chi connectivity index (χ1v) is 7.60. The molecular formula is C17H19FN4O. The second-order valence-corrected chi connectivity index (χ2v) is 5.63. The molecule has 2 aromatic rings. The van der Waals surface area contributed by atoms with E-state index in [0.717, 1.165) is 25.3 Å². The number of carbonyl (C=O) groups is 1. The van der Waals surface area contributed by atoms with Gasteiger partial charge in [-0.2, -0.15) is 0 Å². The Morgan fingerprint density at radius 3 is 2.61 bits per heavy atom. The SMILES string of the molecule is Nc1ccc(C(=O)N2CCN(Cc3ccccn3)CC2)cc1F. The highest BCUT2D eigenvalue weighted by Gasteiger charge is 2.22. The summed E-state index contributed by atoms with van der Waals surface area (Å²) in [5.74, 6) is -0.703. The molecule has 1 amide bonds. The second-order valence-electron chi connectivity index (χ2n) is 5.63. The molecule has 1 fully saturated rings. The Bertz CT molecular complexity index is 684. The van der Waals surface area contributed by atoms with Crippen molar-refractivity contribution in [1.29, 1.82) is 0 Å². The molecule has 2 N–H and O–H groups in total. The Morgan fingerprint density at radius 2 is 1.96 bits per heavy atom. The molecule has 0 radical (unpaired) electrons. The molecule has 3 rings (SSSR count). The fourth-order valence-electron chi connectivity index (χ4n) is 2.67. The molecular weight excluding hydrogens is 295 g/mol. The number of hydrogen-bond donors (Lipinski definition) is 1. The van der Waals surface area contributed by atoms with Gasteiger partial charge in [-0.15, -0.1) is 0 Å². The molecule has 0 saturated carbocycles. The van der Waals surface area contributed by atoms with Crippen LogP contribution in [0.5, 0.6) is 0 Å². The maximum atomic E-state index is 13.5. The number of piperazine rings is 1. The maximum absolute atomic E-state index is 13.5. The van der Waals surface area contributed by atoms with Crippen molar-refractivity contribution in [3.63, 3.8) is 0 Å². The van der Waals surface area contributed by atoms with Crippen molar-refractivity contribution >= 4 is 11.6 Å². The fourth-order valence-corrected chi connectivity index (χ4v) is 2.67. The van der Waals surface area contributed by atoms with Crippen LogP contribution < -0.4 is 5.73 Å². The summed E-state index contributed by atoms with van der Waals surface area (Å²) < 4.78 is 13.5. The number of aromatic nitrogens is 1. The number of pyridine rings is 1. The molecule has 2 heterocycles. The van der Waals surface area contributed by atoms with E-state index >= 15 is 0 Å². The number of hydrogen-bond acceptors (Lipinski definition) is 4. The Labute approximate surface area is 134 Å². The van der Waals surface area contributed by atoms with Gasteiger partial charge < -0.3 is 10.6 Å². The zero-order chi connectivity index (χ0) is 16.2. The average molecular weight is 314 g/mol. The number of amides is 1. The zero-order valence-electron chi connectivity index (χ0n) is 12.8. The van der Waals surface area contributed by atoms with E-state index < -0.39 is 5.82 Å². The van der Waals surface area contributed by atoms with E-state index in [1.807, 2.05) is 18.2 Å². The smallest absolute Gasteiger partial charge is 0.254 e. The molecule has 1 aliphatic heterocycles. The van der Waals surface area contributed by atoms with Crippen LogP contribution in [0.3, 0.4) is 0 Å². The standard InChI is InChI=1S/C17H19FN4O/c18-15-11-13(4-5-16(15)19)17(23)22-9-7-21(8-10-22)12-14-3-1-2-6-20-14/h1-6,11H,7-10,12,19H2. The highest BCUT2D eigenvalue weighted by Crippen LogP contribution is 2.15. The summed E-state index contributed by atoms with van der Waals surface area (Å²) in [6.45, 7) is 3.58. The van der Waals surface area contributed by atoms with E-state index in [2.05, 4.69) is 9.88 Å². The quantitative estimate of drug-likeness (QED) is 0.877. The molecule has 0 unspecified atom stereocenters. The van der Waals surface area contributed by atoms with Gasteiger partial charge in [-0.25, -0.2) is 4.39 Å². The van der Waals surface area contributed by atoms with Crippen LogP contribution in [0.2, 0.25) is 0 Å². The van der Waals surface area contributed by atoms with Crippen molar-refractivity contribution in [3.05, 3.63) is 59.7 Å². The Kier molecular flexibility index (Phi) is 4.52. The predicted octanol–water partition coefficient (Wildman–Crippen LogP) is 1.76. The third-order valence-electron chi connectivity index (χ3n) is 4.02. The lowest BCUT2D eigenvalue weighted by Crippen LogP contribution is -2.48. The van der Waals surface area contributed by atoms with E-state index in [0.29, 0.717) is 18.7 Å². The van der Waals surface area contributed by atoms with Crippen LogP contribution >= 0.6 is 0 Å². The molecule has 6 heteroatoms. The summed E-state index contributed by atoms with van der Waals surface area (Å²) in [6.07, 6.45) is 1.78. The first-order chi connectivity index (χ1) is 11.1. The van der Waals surface area contributed by atoms with Gasteiger partial charge in [-0.3, -0.25) is 14.7 Å². The van der Waals surface area contributed by atoms with Crippen molar-refractivity contribution in [1.82, 2.24) is 14.8 Å². The monoisotopic (exact) mass is 314 g/mol. The molecule has 0 spiro atoms. The van der Waals surface area contributed by atoms with E-state index in [1.165, 1.54) is 12.1 Å². The minimum absolute atomic E-state index is 0.0572. The van der Waals surface area contributed by atoms with Gasteiger partial charge in [0.1, 0.15) is 5.82 Å². The maximum Gasteiger partial charge on any atom is 0.254 e. The first-order valence-electron chi connectivity index (χ1n) is 7.60. The van der Waals surface area contributed by atoms with E-state index in [9.17, 15) is 9.18 Å². The highest BCUT2D eigenvalue weighted by atomic mass is 19.1. The van der Waals surface area contributed by atoms with Crippen LogP contribution in [0.25, 0.3) is 0 Å². The van der Waals surface area contributed by atoms with Crippen LogP contribution in [0, 0.1) is 5.82 Å². The molecule has 5 nitrogen and oxygen atoms in total. The van der Waals surface area contributed by atoms with Crippen LogP contribution in [0.1, 0.15) is 16.1 Å². The number of carbonyl (C=O) groups excluding carboxylic acids is 1. The Hall–Kier alpha value is -2.47. The van der Waals surface area contributed by atoms with Crippen molar-refractivity contribution in [2.75, 3.05) is 31.9 Å². The van der Waals surface area contributed by atoms with Crippen LogP contribution in [-0.2, 0) is 6.54 Å². The number of nitrogens with zero attached hydrogens (tertiary/aromatic N) is 3. The Morgan fingerprint density at radius 1 is 1.17 bits per heavy atom. The minimum atomic E-state index is -0.551. The van der Waals surface area contributed by atoms with Gasteiger partial charge >= 0.3 is 0 Å². The third-order valence-corrected chi connectivity index (χ3v) is 4.02. The number of nitrogens with two attached hydrogens (primary N) is 1. The lowest BCUT2D eigenvalue weighted by molar-refractivity contribution is 0.0626. The van der Waals surface area contributed by atoms with Crippen LogP contribution in [-0.4, -0.2) is 46.9 Å². The first kappa shape index (κ1) is 15.4. The number of halogens is 1. The molecule has 1 aromatic carbocycles. The zero-order valence-corrected chi connectivity index (χ0v) is 12.8. The fraction of sp³-hybridized carbons (Fsp3) is 0.294. The normalized spacial score (nSPS) is 15.6. The van der Waals surface area contributed by atoms with Crippen LogP contribution in [0.4, 0.5) is 10.1 Å². The predicted molar refractivity (Wildman–Crippen MR) is 86.2 cm³/mol. The number of benzene rings is 1. The summed E-state index contributed by atoms with van der Waals surface area (Å²) >= 11 is 0. The summed E-state index contributed by atoms with van der Waals surface area (Å²) in [6, 6.07) is 10.1. The Balaban J connectivity index is 1.58. The number of nitrogen functional groups attached to an aromatic ring is 1. The highest BCUT2D eigenvalue weighted by molar-refractivity contribution is 5.94. The van der Waals surface area contributed by atoms with Crippen LogP contribution in [0.15, 0.2) is 42.6 Å². The summed E-state index contributed by atoms with van der Waals surface area (Å²) in [5.41, 5.74) is 6.87. The average Bonchev–Trinajstić information content (AvgIpc) is 2.58. The number of anilines is 1. The van der Waals surface area contributed by atoms with Crippen molar-refractivity contribution in [2.24, 2.45) is 0 Å². The van der Waals surface area contributed by atoms with Gasteiger partial charge in [0, 0.05) is 44.5 Å². The van der Waals surface area contributed by atoms with Crippen molar-refractivity contribution < 1.29 is 9.18 Å². The van der Waals surface area contributed by atoms with E-state index in [4.69, 9.17) is 5.73 Å². The van der Waals surface area contributed by atoms with E-state index in [-0.39, 0.29) is 11.6 Å². The molecule has 1 aliphatic rings. The van der Waals surface area contributed by atoms with Gasteiger partial charge in [0.15, 0.2) is 0 Å². The van der Waals surface area contributed by atoms with Gasteiger partial charge in [0.05, 0.1) is 11.4 Å². The largest absolute Gasteiger partial charge is 0.396 e. The molecule has 0 atom stereocenters. The molecule has 1 aromatic heterocycles. The molecule has 1 saturated heterocycles. The number of rotatable bonds is 3. The second kappa shape index (κ2) is 6.75. The topological polar surface area (TPSA) is 62.5 Å².